The van der Waals surface area contributed by atoms with E-state index in [4.69, 9.17) is 10.3 Å². The average molecular weight is 267 g/mol. The van der Waals surface area contributed by atoms with Crippen LogP contribution in [0.2, 0.25) is 0 Å². The molecule has 1 heterocycles. The molecule has 78 valence electrons. The normalized spacial score (nSPS) is 18.3. The maximum atomic E-state index is 5.82. The van der Waals surface area contributed by atoms with Gasteiger partial charge < -0.3 is 10.3 Å². The molecule has 1 aliphatic rings. The zero-order valence-corrected chi connectivity index (χ0v) is 9.75. The molecule has 1 aromatic heterocycles. The van der Waals surface area contributed by atoms with Gasteiger partial charge in [-0.25, -0.2) is 0 Å². The Hall–Kier alpha value is -0.870. The number of rotatable bonds is 2. The fourth-order valence-corrected chi connectivity index (χ4v) is 2.47. The molecule has 0 saturated heterocycles. The number of para-hydroxylation sites is 1. The van der Waals surface area contributed by atoms with Gasteiger partial charge in [-0.15, -0.1) is 0 Å². The summed E-state index contributed by atoms with van der Waals surface area (Å²) in [4.78, 5) is 0. The Morgan fingerprint density at radius 2 is 2.27 bits per heavy atom. The van der Waals surface area contributed by atoms with E-state index in [0.29, 0.717) is 6.54 Å². The second kappa shape index (κ2) is 3.06. The lowest BCUT2D eigenvalue weighted by atomic mass is 9.95. The van der Waals surface area contributed by atoms with Crippen molar-refractivity contribution in [3.05, 3.63) is 28.4 Å². The fourth-order valence-electron chi connectivity index (χ4n) is 2.08. The van der Waals surface area contributed by atoms with Gasteiger partial charge in [-0.2, -0.15) is 0 Å². The van der Waals surface area contributed by atoms with Crippen molar-refractivity contribution in [2.45, 2.75) is 18.3 Å². The van der Waals surface area contributed by atoms with Gasteiger partial charge in [0, 0.05) is 17.5 Å². The summed E-state index contributed by atoms with van der Waals surface area (Å²) in [7, 11) is 0. The van der Waals surface area contributed by atoms with Crippen LogP contribution in [0.1, 0.15) is 18.4 Å². The highest BCUT2D eigenvalue weighted by molar-refractivity contribution is 9.10. The van der Waals surface area contributed by atoms with Crippen LogP contribution in [-0.4, -0.2) is 11.7 Å². The molecule has 3 nitrogen and oxygen atoms in total. The molecule has 2 N–H and O–H groups in total. The van der Waals surface area contributed by atoms with E-state index < -0.39 is 0 Å². The average Bonchev–Trinajstić information content (AvgIpc) is 2.98. The van der Waals surface area contributed by atoms with Crippen molar-refractivity contribution in [3.8, 4) is 0 Å². The van der Waals surface area contributed by atoms with Gasteiger partial charge in [0.2, 0.25) is 0 Å². The molecule has 0 atom stereocenters. The highest BCUT2D eigenvalue weighted by atomic mass is 79.9. The minimum Gasteiger partial charge on any atom is -0.355 e. The highest BCUT2D eigenvalue weighted by Crippen LogP contribution is 2.49. The first-order chi connectivity index (χ1) is 7.27. The Labute approximate surface area is 95.7 Å². The van der Waals surface area contributed by atoms with Crippen molar-refractivity contribution in [1.82, 2.24) is 5.16 Å². The second-order valence-electron chi connectivity index (χ2n) is 4.14. The summed E-state index contributed by atoms with van der Waals surface area (Å²) in [5, 5.41) is 4.97. The summed E-state index contributed by atoms with van der Waals surface area (Å²) < 4.78 is 6.13. The molecular formula is C11H11BrN2O. The minimum atomic E-state index is 0.151. The summed E-state index contributed by atoms with van der Waals surface area (Å²) in [6.07, 6.45) is 2.31. The van der Waals surface area contributed by atoms with E-state index in [1.807, 2.05) is 12.1 Å². The number of nitrogens with zero attached hydrogens (tertiary/aromatic N) is 1. The number of nitrogens with two attached hydrogens (primary N) is 1. The minimum absolute atomic E-state index is 0.151. The molecule has 0 spiro atoms. The molecule has 0 bridgehead atoms. The predicted molar refractivity (Wildman–Crippen MR) is 61.7 cm³/mol. The number of hydrogen-bond acceptors (Lipinski definition) is 3. The highest BCUT2D eigenvalue weighted by Gasteiger charge is 2.44. The first kappa shape index (κ1) is 9.36. The lowest BCUT2D eigenvalue weighted by Crippen LogP contribution is -2.19. The van der Waals surface area contributed by atoms with E-state index in [2.05, 4.69) is 27.2 Å². The van der Waals surface area contributed by atoms with Crippen molar-refractivity contribution < 1.29 is 4.52 Å². The molecule has 15 heavy (non-hydrogen) atoms. The Morgan fingerprint density at radius 1 is 1.47 bits per heavy atom. The smallest absolute Gasteiger partial charge is 0.171 e. The topological polar surface area (TPSA) is 52.0 Å². The maximum Gasteiger partial charge on any atom is 0.171 e. The van der Waals surface area contributed by atoms with E-state index in [9.17, 15) is 0 Å². The first-order valence-corrected chi connectivity index (χ1v) is 5.81. The fraction of sp³-hybridized carbons (Fsp3) is 0.364. The van der Waals surface area contributed by atoms with Gasteiger partial charge >= 0.3 is 0 Å². The molecule has 2 aromatic rings. The quantitative estimate of drug-likeness (QED) is 0.909. The van der Waals surface area contributed by atoms with Crippen molar-refractivity contribution >= 4 is 26.9 Å². The summed E-state index contributed by atoms with van der Waals surface area (Å²) in [5.41, 5.74) is 8.07. The monoisotopic (exact) mass is 266 g/mol. The van der Waals surface area contributed by atoms with Crippen molar-refractivity contribution in [2.75, 3.05) is 6.54 Å². The van der Waals surface area contributed by atoms with Crippen molar-refractivity contribution in [2.24, 2.45) is 5.73 Å². The molecule has 1 aromatic carbocycles. The Kier molecular flexibility index (Phi) is 1.91. The van der Waals surface area contributed by atoms with Gasteiger partial charge in [0.1, 0.15) is 0 Å². The van der Waals surface area contributed by atoms with Gasteiger partial charge in [0.05, 0.1) is 5.39 Å². The van der Waals surface area contributed by atoms with Gasteiger partial charge in [0.15, 0.2) is 10.2 Å². The lowest BCUT2D eigenvalue weighted by molar-refractivity contribution is 0.446. The number of halogens is 1. The maximum absolute atomic E-state index is 5.82. The Morgan fingerprint density at radius 3 is 2.93 bits per heavy atom. The van der Waals surface area contributed by atoms with Crippen LogP contribution in [0.3, 0.4) is 0 Å². The number of fused-ring (bicyclic) bond motifs is 1. The third kappa shape index (κ3) is 1.25. The van der Waals surface area contributed by atoms with Crippen LogP contribution < -0.4 is 5.73 Å². The van der Waals surface area contributed by atoms with E-state index in [1.54, 1.807) is 0 Å². The van der Waals surface area contributed by atoms with Crippen LogP contribution >= 0.6 is 15.9 Å². The summed E-state index contributed by atoms with van der Waals surface area (Å²) in [5.74, 6) is 0. The summed E-state index contributed by atoms with van der Waals surface area (Å²) >= 11 is 3.37. The zero-order chi connectivity index (χ0) is 10.5. The summed E-state index contributed by atoms with van der Waals surface area (Å²) in [6.45, 7) is 0.685. The van der Waals surface area contributed by atoms with E-state index in [0.717, 1.165) is 28.4 Å². The summed E-state index contributed by atoms with van der Waals surface area (Å²) in [6, 6.07) is 6.14. The Balaban J connectivity index is 2.27. The van der Waals surface area contributed by atoms with Crippen LogP contribution in [-0.2, 0) is 5.41 Å². The molecule has 1 saturated carbocycles. The van der Waals surface area contributed by atoms with Gasteiger partial charge in [-0.1, -0.05) is 17.3 Å². The largest absolute Gasteiger partial charge is 0.355 e. The third-order valence-corrected chi connectivity index (χ3v) is 3.84. The SMILES string of the molecule is NCC1(c2cccc3c(Br)noc23)CC1. The van der Waals surface area contributed by atoms with E-state index >= 15 is 0 Å². The van der Waals surface area contributed by atoms with Gasteiger partial charge in [0.25, 0.3) is 0 Å². The molecule has 0 amide bonds. The molecule has 0 unspecified atom stereocenters. The van der Waals surface area contributed by atoms with Crippen molar-refractivity contribution in [3.63, 3.8) is 0 Å². The standard InChI is InChI=1S/C11H11BrN2O/c12-10-7-2-1-3-8(9(7)15-14-10)11(6-13)4-5-11/h1-3H,4-6,13H2. The van der Waals surface area contributed by atoms with Gasteiger partial charge in [-0.05, 0) is 34.8 Å². The third-order valence-electron chi connectivity index (χ3n) is 3.27. The van der Waals surface area contributed by atoms with Crippen LogP contribution in [0.15, 0.2) is 27.3 Å². The Bertz CT molecular complexity index is 516. The van der Waals surface area contributed by atoms with Crippen LogP contribution in [0.5, 0.6) is 0 Å². The number of benzene rings is 1. The second-order valence-corrected chi connectivity index (χ2v) is 4.89. The molecule has 0 radical (unpaired) electrons. The van der Waals surface area contributed by atoms with Crippen LogP contribution in [0, 0.1) is 0 Å². The first-order valence-electron chi connectivity index (χ1n) is 5.01. The van der Waals surface area contributed by atoms with E-state index in [-0.39, 0.29) is 5.41 Å². The molecule has 0 aliphatic heterocycles. The van der Waals surface area contributed by atoms with Crippen LogP contribution in [0.25, 0.3) is 11.0 Å². The molecule has 1 aliphatic carbocycles. The number of hydrogen-bond donors (Lipinski definition) is 1. The zero-order valence-electron chi connectivity index (χ0n) is 8.16. The molecule has 3 rings (SSSR count). The molecular weight excluding hydrogens is 256 g/mol. The molecule has 1 fully saturated rings. The van der Waals surface area contributed by atoms with Crippen LogP contribution in [0.4, 0.5) is 0 Å². The molecule has 4 heteroatoms. The van der Waals surface area contributed by atoms with E-state index in [1.165, 1.54) is 5.56 Å². The van der Waals surface area contributed by atoms with Gasteiger partial charge in [-0.3, -0.25) is 0 Å². The van der Waals surface area contributed by atoms with Crippen molar-refractivity contribution in [1.29, 1.82) is 0 Å². The lowest BCUT2D eigenvalue weighted by Gasteiger charge is -2.11. The predicted octanol–water partition coefficient (Wildman–Crippen LogP) is 2.58. The number of aromatic nitrogens is 1.